The predicted molar refractivity (Wildman–Crippen MR) is 123 cm³/mol. The fourth-order valence-electron chi connectivity index (χ4n) is 3.76. The van der Waals surface area contributed by atoms with E-state index in [0.29, 0.717) is 12.6 Å². The third-order valence-corrected chi connectivity index (χ3v) is 5.44. The maximum atomic E-state index is 6.18. The van der Waals surface area contributed by atoms with Crippen molar-refractivity contribution in [2.75, 3.05) is 27.3 Å². The average molecular weight is 503 g/mol. The number of nitrogens with one attached hydrogen (secondary N) is 2. The Kier molecular flexibility index (Phi) is 9.14. The molecule has 7 heteroatoms. The molecule has 1 aliphatic carbocycles. The summed E-state index contributed by atoms with van der Waals surface area (Å²) >= 11 is 0. The van der Waals surface area contributed by atoms with Crippen LogP contribution >= 0.6 is 24.0 Å². The highest BCUT2D eigenvalue weighted by Gasteiger charge is 2.29. The summed E-state index contributed by atoms with van der Waals surface area (Å²) in [6.07, 6.45) is 7.27. The topological polar surface area (TPSA) is 64.1 Å². The maximum Gasteiger partial charge on any atom is 0.191 e. The predicted octanol–water partition coefficient (Wildman–Crippen LogP) is 3.87. The van der Waals surface area contributed by atoms with Gasteiger partial charge in [0.15, 0.2) is 17.5 Å². The number of methoxy groups -OCH3 is 1. The molecule has 1 unspecified atom stereocenters. The molecular weight excluding hydrogens is 469 g/mol. The molecule has 158 valence electrons. The third-order valence-electron chi connectivity index (χ3n) is 5.44. The van der Waals surface area contributed by atoms with Gasteiger partial charge in [-0.05, 0) is 63.1 Å². The molecule has 1 aliphatic heterocycles. The van der Waals surface area contributed by atoms with Gasteiger partial charge in [0.05, 0.1) is 18.8 Å². The Labute approximate surface area is 185 Å². The van der Waals surface area contributed by atoms with Crippen LogP contribution in [0.1, 0.15) is 51.0 Å². The number of guanidine groups is 1. The maximum absolute atomic E-state index is 6.18. The van der Waals surface area contributed by atoms with Crippen molar-refractivity contribution < 1.29 is 14.2 Å². The Bertz CT molecular complexity index is 642. The summed E-state index contributed by atoms with van der Waals surface area (Å²) in [5.41, 5.74) is 1.04. The summed E-state index contributed by atoms with van der Waals surface area (Å²) in [6, 6.07) is 6.10. The van der Waals surface area contributed by atoms with Gasteiger partial charge in [-0.1, -0.05) is 6.07 Å². The minimum absolute atomic E-state index is 0. The highest BCUT2D eigenvalue weighted by Crippen LogP contribution is 2.32. The van der Waals surface area contributed by atoms with E-state index in [1.54, 1.807) is 14.2 Å². The molecule has 0 aromatic heterocycles. The van der Waals surface area contributed by atoms with Crippen LogP contribution in [0.25, 0.3) is 0 Å². The van der Waals surface area contributed by atoms with Crippen molar-refractivity contribution in [3.63, 3.8) is 0 Å². The molecule has 3 rings (SSSR count). The van der Waals surface area contributed by atoms with E-state index >= 15 is 0 Å². The first kappa shape index (κ1) is 23.1. The van der Waals surface area contributed by atoms with Crippen molar-refractivity contribution in [3.05, 3.63) is 23.8 Å². The van der Waals surface area contributed by atoms with Crippen molar-refractivity contribution in [2.24, 2.45) is 4.99 Å². The molecule has 1 saturated heterocycles. The van der Waals surface area contributed by atoms with Crippen LogP contribution in [0.4, 0.5) is 0 Å². The average Bonchev–Trinajstić information content (AvgIpc) is 3.34. The molecule has 0 radical (unpaired) electrons. The summed E-state index contributed by atoms with van der Waals surface area (Å²) in [6.45, 7) is 4.42. The molecule has 2 aliphatic rings. The van der Waals surface area contributed by atoms with Crippen LogP contribution in [0, 0.1) is 0 Å². The molecule has 28 heavy (non-hydrogen) atoms. The number of halogens is 1. The summed E-state index contributed by atoms with van der Waals surface area (Å²) in [5.74, 6) is 2.40. The lowest BCUT2D eigenvalue weighted by Crippen LogP contribution is -2.45. The van der Waals surface area contributed by atoms with Crippen molar-refractivity contribution in [1.29, 1.82) is 0 Å². The summed E-state index contributed by atoms with van der Waals surface area (Å²) in [5, 5.41) is 6.75. The van der Waals surface area contributed by atoms with E-state index in [2.05, 4.69) is 34.7 Å². The summed E-state index contributed by atoms with van der Waals surface area (Å²) in [7, 11) is 3.47. The second-order valence-electron chi connectivity index (χ2n) is 7.69. The Morgan fingerprint density at radius 2 is 2.00 bits per heavy atom. The monoisotopic (exact) mass is 503 g/mol. The highest BCUT2D eigenvalue weighted by molar-refractivity contribution is 14.0. The Hall–Kier alpha value is -1.22. The molecule has 0 spiro atoms. The molecule has 2 N–H and O–H groups in total. The van der Waals surface area contributed by atoms with Crippen molar-refractivity contribution in [3.8, 4) is 11.5 Å². The van der Waals surface area contributed by atoms with Gasteiger partial charge in [0.1, 0.15) is 0 Å². The molecule has 0 amide bonds. The molecule has 1 aromatic carbocycles. The van der Waals surface area contributed by atoms with Gasteiger partial charge in [-0.2, -0.15) is 0 Å². The van der Waals surface area contributed by atoms with Gasteiger partial charge < -0.3 is 24.8 Å². The number of nitrogens with zero attached hydrogens (tertiary/aromatic N) is 1. The number of hydrogen-bond donors (Lipinski definition) is 2. The van der Waals surface area contributed by atoms with E-state index in [-0.39, 0.29) is 29.6 Å². The Morgan fingerprint density at radius 3 is 2.64 bits per heavy atom. The van der Waals surface area contributed by atoms with Gasteiger partial charge in [0.25, 0.3) is 0 Å². The number of hydrogen-bond acceptors (Lipinski definition) is 4. The van der Waals surface area contributed by atoms with E-state index in [1.807, 2.05) is 6.07 Å². The number of benzene rings is 1. The van der Waals surface area contributed by atoms with Crippen LogP contribution in [-0.2, 0) is 11.3 Å². The molecule has 0 bridgehead atoms. The van der Waals surface area contributed by atoms with Crippen LogP contribution in [0.15, 0.2) is 23.2 Å². The van der Waals surface area contributed by atoms with Gasteiger partial charge >= 0.3 is 0 Å². The summed E-state index contributed by atoms with van der Waals surface area (Å²) in [4.78, 5) is 4.32. The third kappa shape index (κ3) is 6.40. The zero-order valence-corrected chi connectivity index (χ0v) is 19.6. The Morgan fingerprint density at radius 1 is 1.21 bits per heavy atom. The quantitative estimate of drug-likeness (QED) is 0.336. The smallest absolute Gasteiger partial charge is 0.191 e. The van der Waals surface area contributed by atoms with Gasteiger partial charge in [-0.25, -0.2) is 0 Å². The molecule has 2 fully saturated rings. The van der Waals surface area contributed by atoms with Crippen molar-refractivity contribution in [2.45, 2.75) is 63.7 Å². The molecule has 1 atom stereocenters. The first-order chi connectivity index (χ1) is 13.1. The van der Waals surface area contributed by atoms with E-state index < -0.39 is 0 Å². The molecule has 6 nitrogen and oxygen atoms in total. The second kappa shape index (κ2) is 11.1. The highest BCUT2D eigenvalue weighted by atomic mass is 127. The largest absolute Gasteiger partial charge is 0.493 e. The van der Waals surface area contributed by atoms with E-state index in [9.17, 15) is 0 Å². The van der Waals surface area contributed by atoms with Gasteiger partial charge in [-0.3, -0.25) is 4.99 Å². The van der Waals surface area contributed by atoms with Crippen molar-refractivity contribution in [1.82, 2.24) is 10.6 Å². The van der Waals surface area contributed by atoms with Crippen LogP contribution < -0.4 is 20.1 Å². The minimum Gasteiger partial charge on any atom is -0.493 e. The van der Waals surface area contributed by atoms with E-state index in [0.717, 1.165) is 61.9 Å². The zero-order valence-electron chi connectivity index (χ0n) is 17.3. The zero-order chi connectivity index (χ0) is 19.1. The van der Waals surface area contributed by atoms with Crippen LogP contribution in [0.2, 0.25) is 0 Å². The van der Waals surface area contributed by atoms with Gasteiger partial charge in [0, 0.05) is 26.7 Å². The lowest BCUT2D eigenvalue weighted by atomic mass is 10.0. The van der Waals surface area contributed by atoms with Crippen LogP contribution in [-0.4, -0.2) is 45.0 Å². The Balaban J connectivity index is 0.00000280. The van der Waals surface area contributed by atoms with Gasteiger partial charge in [-0.15, -0.1) is 24.0 Å². The minimum atomic E-state index is -0.0972. The number of ether oxygens (including phenoxy) is 3. The van der Waals surface area contributed by atoms with E-state index in [4.69, 9.17) is 14.2 Å². The molecule has 1 aromatic rings. The first-order valence-electron chi connectivity index (χ1n) is 10.0. The fourth-order valence-corrected chi connectivity index (χ4v) is 3.76. The molecule has 1 saturated carbocycles. The molecular formula is C21H34IN3O3. The summed E-state index contributed by atoms with van der Waals surface area (Å²) < 4.78 is 17.5. The van der Waals surface area contributed by atoms with Crippen molar-refractivity contribution >= 4 is 29.9 Å². The van der Waals surface area contributed by atoms with Crippen LogP contribution in [0.5, 0.6) is 11.5 Å². The second-order valence-corrected chi connectivity index (χ2v) is 7.69. The SMILES string of the molecule is CN=C(NCc1ccc(OC)c(OC2CCCC2)c1)NCC1(C)CCCO1.I. The van der Waals surface area contributed by atoms with E-state index in [1.165, 1.54) is 12.8 Å². The first-order valence-corrected chi connectivity index (χ1v) is 10.0. The van der Waals surface area contributed by atoms with Crippen LogP contribution in [0.3, 0.4) is 0 Å². The molecule has 1 heterocycles. The lowest BCUT2D eigenvalue weighted by Gasteiger charge is -2.24. The van der Waals surface area contributed by atoms with Gasteiger partial charge in [0.2, 0.25) is 0 Å². The standard InChI is InChI=1S/C21H33N3O3.HI/c1-21(11-6-12-26-21)15-24-20(22-2)23-14-16-9-10-18(25-3)19(13-16)27-17-7-4-5-8-17;/h9-10,13,17H,4-8,11-12,14-15H2,1-3H3,(H2,22,23,24);1H. The normalized spacial score (nSPS) is 22.6. The number of rotatable bonds is 7. The lowest BCUT2D eigenvalue weighted by molar-refractivity contribution is 0.0243. The number of aliphatic imine (C=N–C) groups is 1. The fraction of sp³-hybridized carbons (Fsp3) is 0.667.